The summed E-state index contributed by atoms with van der Waals surface area (Å²) in [4.78, 5) is 0.671. The van der Waals surface area contributed by atoms with Gasteiger partial charge in [-0.3, -0.25) is 0 Å². The molecule has 0 aliphatic carbocycles. The van der Waals surface area contributed by atoms with Crippen LogP contribution in [0, 0.1) is 10.7 Å². The first kappa shape index (κ1) is 13.1. The van der Waals surface area contributed by atoms with Crippen LogP contribution in [-0.4, -0.2) is 0 Å². The zero-order chi connectivity index (χ0) is 13.7. The van der Waals surface area contributed by atoms with Gasteiger partial charge in [-0.25, -0.2) is 0 Å². The minimum Gasteiger partial charge on any atom is -0.485 e. The third-order valence-electron chi connectivity index (χ3n) is 2.58. The number of nitrogen functional groups attached to an aromatic ring is 2. The van der Waals surface area contributed by atoms with E-state index in [0.29, 0.717) is 28.6 Å². The molecular formula is C14H13N3OS. The van der Waals surface area contributed by atoms with Crippen LogP contribution in [-0.2, 0) is 6.61 Å². The number of hydrogen-bond acceptors (Lipinski definition) is 5. The summed E-state index contributed by atoms with van der Waals surface area (Å²) in [5, 5.41) is 10.8. The Kier molecular flexibility index (Phi) is 4.16. The number of rotatable bonds is 4. The second kappa shape index (κ2) is 6.03. The fourth-order valence-corrected chi connectivity index (χ4v) is 2.10. The molecule has 0 spiro atoms. The van der Waals surface area contributed by atoms with E-state index in [1.54, 1.807) is 12.1 Å². The molecule has 0 bridgehead atoms. The molecule has 0 saturated carbocycles. The molecule has 0 saturated heterocycles. The van der Waals surface area contributed by atoms with E-state index in [1.807, 2.05) is 35.7 Å². The van der Waals surface area contributed by atoms with Gasteiger partial charge in [-0.15, -0.1) is 0 Å². The zero-order valence-electron chi connectivity index (χ0n) is 10.2. The van der Waals surface area contributed by atoms with Gasteiger partial charge in [0.05, 0.1) is 16.3 Å². The Balaban J connectivity index is 2.23. The molecule has 0 radical (unpaired) electrons. The third-order valence-corrected chi connectivity index (χ3v) is 3.21. The van der Waals surface area contributed by atoms with Gasteiger partial charge in [0.2, 0.25) is 0 Å². The Morgan fingerprint density at radius 2 is 1.84 bits per heavy atom. The number of thioether (sulfide) groups is 1. The van der Waals surface area contributed by atoms with E-state index in [9.17, 15) is 0 Å². The van der Waals surface area contributed by atoms with Gasteiger partial charge in [-0.1, -0.05) is 30.3 Å². The largest absolute Gasteiger partial charge is 0.485 e. The summed E-state index contributed by atoms with van der Waals surface area (Å²) in [7, 11) is 0. The van der Waals surface area contributed by atoms with Gasteiger partial charge in [-0.2, -0.15) is 5.26 Å². The topological polar surface area (TPSA) is 85.1 Å². The molecule has 0 amide bonds. The SMILES string of the molecule is N#CSc1ccc(N)c(N)c1OCc1ccccc1. The summed E-state index contributed by atoms with van der Waals surface area (Å²) in [6.45, 7) is 0.382. The molecule has 4 nitrogen and oxygen atoms in total. The molecule has 0 aliphatic rings. The van der Waals surface area contributed by atoms with Crippen molar-refractivity contribution in [1.82, 2.24) is 0 Å². The monoisotopic (exact) mass is 271 g/mol. The molecule has 2 aromatic carbocycles. The molecular weight excluding hydrogens is 258 g/mol. The first-order valence-corrected chi connectivity index (χ1v) is 6.44. The molecule has 0 atom stereocenters. The van der Waals surface area contributed by atoms with Crippen LogP contribution in [0.2, 0.25) is 0 Å². The lowest BCUT2D eigenvalue weighted by Crippen LogP contribution is -2.02. The van der Waals surface area contributed by atoms with Crippen molar-refractivity contribution >= 4 is 23.1 Å². The number of anilines is 2. The average molecular weight is 271 g/mol. The van der Waals surface area contributed by atoms with E-state index in [-0.39, 0.29) is 0 Å². The van der Waals surface area contributed by atoms with E-state index in [2.05, 4.69) is 0 Å². The van der Waals surface area contributed by atoms with Gasteiger partial charge in [0.25, 0.3) is 0 Å². The summed E-state index contributed by atoms with van der Waals surface area (Å²) < 4.78 is 5.71. The molecule has 2 rings (SSSR count). The van der Waals surface area contributed by atoms with Crippen LogP contribution in [0.4, 0.5) is 11.4 Å². The van der Waals surface area contributed by atoms with Gasteiger partial charge < -0.3 is 16.2 Å². The van der Waals surface area contributed by atoms with Crippen molar-refractivity contribution in [2.45, 2.75) is 11.5 Å². The minimum absolute atomic E-state index is 0.371. The maximum Gasteiger partial charge on any atom is 0.159 e. The lowest BCUT2D eigenvalue weighted by Gasteiger charge is -2.13. The van der Waals surface area contributed by atoms with Crippen LogP contribution in [0.15, 0.2) is 47.4 Å². The first-order chi connectivity index (χ1) is 9.22. The second-order valence-corrected chi connectivity index (χ2v) is 4.69. The fraction of sp³-hybridized carbons (Fsp3) is 0.0714. The predicted octanol–water partition coefficient (Wildman–Crippen LogP) is 3.00. The highest BCUT2D eigenvalue weighted by molar-refractivity contribution is 8.03. The lowest BCUT2D eigenvalue weighted by atomic mass is 10.2. The van der Waals surface area contributed by atoms with Crippen LogP contribution in [0.1, 0.15) is 5.56 Å². The summed E-state index contributed by atoms with van der Waals surface area (Å²) in [5.41, 5.74) is 13.5. The zero-order valence-corrected chi connectivity index (χ0v) is 11.0. The summed E-state index contributed by atoms with van der Waals surface area (Å²) >= 11 is 1.00. The highest BCUT2D eigenvalue weighted by Gasteiger charge is 2.11. The van der Waals surface area contributed by atoms with E-state index in [0.717, 1.165) is 17.3 Å². The molecule has 2 aromatic rings. The Morgan fingerprint density at radius 1 is 1.11 bits per heavy atom. The number of hydrogen-bond donors (Lipinski definition) is 2. The van der Waals surface area contributed by atoms with Gasteiger partial charge in [0.1, 0.15) is 12.0 Å². The number of nitrogens with zero attached hydrogens (tertiary/aromatic N) is 1. The van der Waals surface area contributed by atoms with Crippen LogP contribution in [0.25, 0.3) is 0 Å². The highest BCUT2D eigenvalue weighted by Crippen LogP contribution is 2.38. The number of nitrogens with two attached hydrogens (primary N) is 2. The maximum atomic E-state index is 8.77. The Morgan fingerprint density at radius 3 is 2.53 bits per heavy atom. The maximum absolute atomic E-state index is 8.77. The summed E-state index contributed by atoms with van der Waals surface area (Å²) in [5.74, 6) is 0.468. The molecule has 0 unspecified atom stereocenters. The molecule has 0 aromatic heterocycles. The van der Waals surface area contributed by atoms with E-state index < -0.39 is 0 Å². The van der Waals surface area contributed by atoms with E-state index in [1.165, 1.54) is 0 Å². The molecule has 4 N–H and O–H groups in total. The van der Waals surface area contributed by atoms with Crippen LogP contribution < -0.4 is 16.2 Å². The highest BCUT2D eigenvalue weighted by atomic mass is 32.2. The third kappa shape index (κ3) is 3.12. The molecule has 0 heterocycles. The van der Waals surface area contributed by atoms with E-state index in [4.69, 9.17) is 21.5 Å². The minimum atomic E-state index is 0.371. The molecule has 0 aliphatic heterocycles. The number of thiocyanates is 1. The Bertz CT molecular complexity index is 608. The molecule has 19 heavy (non-hydrogen) atoms. The van der Waals surface area contributed by atoms with Crippen LogP contribution in [0.5, 0.6) is 5.75 Å². The predicted molar refractivity (Wildman–Crippen MR) is 77.5 cm³/mol. The van der Waals surface area contributed by atoms with Crippen molar-refractivity contribution in [1.29, 1.82) is 5.26 Å². The van der Waals surface area contributed by atoms with Crippen LogP contribution in [0.3, 0.4) is 0 Å². The molecule has 96 valence electrons. The van der Waals surface area contributed by atoms with Crippen LogP contribution >= 0.6 is 11.8 Å². The average Bonchev–Trinajstić information content (AvgIpc) is 2.44. The Hall–Kier alpha value is -2.32. The van der Waals surface area contributed by atoms with E-state index >= 15 is 0 Å². The standard InChI is InChI=1S/C14H13N3OS/c15-9-19-12-7-6-11(16)13(17)14(12)18-8-10-4-2-1-3-5-10/h1-7H,8,16-17H2. The van der Waals surface area contributed by atoms with Crippen molar-refractivity contribution < 1.29 is 4.74 Å². The fourth-order valence-electron chi connectivity index (χ4n) is 1.60. The first-order valence-electron chi connectivity index (χ1n) is 5.63. The normalized spacial score (nSPS) is 9.84. The van der Waals surface area contributed by atoms with Crippen molar-refractivity contribution in [3.05, 3.63) is 48.0 Å². The number of ether oxygens (including phenoxy) is 1. The van der Waals surface area contributed by atoms with Crippen molar-refractivity contribution in [2.75, 3.05) is 11.5 Å². The summed E-state index contributed by atoms with van der Waals surface area (Å²) in [6.07, 6.45) is 0. The molecule has 0 fully saturated rings. The van der Waals surface area contributed by atoms with Gasteiger partial charge >= 0.3 is 0 Å². The second-order valence-electron chi connectivity index (χ2n) is 3.86. The van der Waals surface area contributed by atoms with Crippen molar-refractivity contribution in [3.8, 4) is 11.2 Å². The van der Waals surface area contributed by atoms with Gasteiger partial charge in [0.15, 0.2) is 5.75 Å². The quantitative estimate of drug-likeness (QED) is 0.507. The van der Waals surface area contributed by atoms with Gasteiger partial charge in [-0.05, 0) is 29.5 Å². The smallest absolute Gasteiger partial charge is 0.159 e. The lowest BCUT2D eigenvalue weighted by molar-refractivity contribution is 0.301. The van der Waals surface area contributed by atoms with Crippen molar-refractivity contribution in [2.24, 2.45) is 0 Å². The molecule has 5 heteroatoms. The summed E-state index contributed by atoms with van der Waals surface area (Å²) in [6, 6.07) is 13.1. The Labute approximate surface area is 116 Å². The van der Waals surface area contributed by atoms with Gasteiger partial charge in [0, 0.05) is 0 Å². The number of benzene rings is 2. The van der Waals surface area contributed by atoms with Crippen molar-refractivity contribution in [3.63, 3.8) is 0 Å². The number of nitriles is 1.